The fourth-order valence-corrected chi connectivity index (χ4v) is 2.47. The van der Waals surface area contributed by atoms with Crippen molar-refractivity contribution < 1.29 is 49.8 Å². The number of carbonyl (C=O) groups is 2. The van der Waals surface area contributed by atoms with E-state index in [1.807, 2.05) is 5.32 Å². The molecule has 2 rings (SSSR count). The predicted octanol–water partition coefficient (Wildman–Crippen LogP) is 3.21. The second kappa shape index (κ2) is 10.4. The van der Waals surface area contributed by atoms with Crippen LogP contribution in [0.1, 0.15) is 16.7 Å². The number of hydrogen-bond acceptors (Lipinski definition) is 3. The van der Waals surface area contributed by atoms with Crippen molar-refractivity contribution in [2.75, 3.05) is 6.61 Å². The second-order valence-electron chi connectivity index (χ2n) is 6.47. The zero-order valence-corrected chi connectivity index (χ0v) is 16.2. The van der Waals surface area contributed by atoms with Crippen LogP contribution in [0, 0.1) is 29.1 Å². The third kappa shape index (κ3) is 6.28. The Morgan fingerprint density at radius 1 is 0.909 bits per heavy atom. The van der Waals surface area contributed by atoms with Gasteiger partial charge in [0.25, 0.3) is 0 Å². The van der Waals surface area contributed by atoms with E-state index in [2.05, 4.69) is 5.32 Å². The highest BCUT2D eigenvalue weighted by molar-refractivity contribution is 5.95. The maximum Gasteiger partial charge on any atom is 0.416 e. The van der Waals surface area contributed by atoms with Gasteiger partial charge in [-0.1, -0.05) is 12.1 Å². The Labute approximate surface area is 180 Å². The molecule has 5 nitrogen and oxygen atoms in total. The molecule has 0 saturated carbocycles. The third-order valence-corrected chi connectivity index (χ3v) is 4.21. The molecule has 1 atom stereocenters. The lowest BCUT2D eigenvalue weighted by atomic mass is 10.1. The Morgan fingerprint density at radius 2 is 1.42 bits per heavy atom. The Balaban J connectivity index is 2.01. The summed E-state index contributed by atoms with van der Waals surface area (Å²) >= 11 is 0. The van der Waals surface area contributed by atoms with Crippen LogP contribution >= 0.6 is 0 Å². The van der Waals surface area contributed by atoms with Crippen molar-refractivity contribution in [2.45, 2.75) is 18.8 Å². The molecule has 0 spiro atoms. The summed E-state index contributed by atoms with van der Waals surface area (Å²) in [5.41, 5.74) is -2.03. The Morgan fingerprint density at radius 3 is 1.91 bits per heavy atom. The molecule has 0 heterocycles. The Kier molecular flexibility index (Phi) is 8.14. The van der Waals surface area contributed by atoms with Crippen molar-refractivity contribution in [2.24, 2.45) is 0 Å². The molecular formula is C20H14F8N2O3. The summed E-state index contributed by atoms with van der Waals surface area (Å²) in [4.78, 5) is 23.9. The van der Waals surface area contributed by atoms with E-state index in [-0.39, 0.29) is 12.1 Å². The van der Waals surface area contributed by atoms with Crippen LogP contribution in [0.3, 0.4) is 0 Å². The quantitative estimate of drug-likeness (QED) is 0.246. The van der Waals surface area contributed by atoms with Crippen LogP contribution in [-0.2, 0) is 22.3 Å². The summed E-state index contributed by atoms with van der Waals surface area (Å²) in [7, 11) is 0. The average Bonchev–Trinajstić information content (AvgIpc) is 2.78. The molecular weight excluding hydrogens is 468 g/mol. The standard InChI is InChI=1S/C20H14F8N2O3/c21-14-11(15(22)17(24)18(25)16(14)23)5-6-13(32)30-12(8-31)19(33)29-7-9-1-3-10(4-2-9)20(26,27)28/h1-6,12,31H,7-8H2,(H,29,33)(H,30,32)/t12-/m0/s1. The van der Waals surface area contributed by atoms with Crippen LogP contribution in [0.15, 0.2) is 30.3 Å². The molecule has 178 valence electrons. The van der Waals surface area contributed by atoms with E-state index in [1.54, 1.807) is 0 Å². The molecule has 0 aliphatic rings. The van der Waals surface area contributed by atoms with Crippen molar-refractivity contribution in [3.05, 3.63) is 76.1 Å². The van der Waals surface area contributed by atoms with Crippen LogP contribution in [-0.4, -0.2) is 29.6 Å². The van der Waals surface area contributed by atoms with E-state index in [1.165, 1.54) is 0 Å². The lowest BCUT2D eigenvalue weighted by molar-refractivity contribution is -0.137. The molecule has 0 fully saturated rings. The number of aliphatic hydroxyl groups is 1. The van der Waals surface area contributed by atoms with E-state index in [0.717, 1.165) is 24.3 Å². The summed E-state index contributed by atoms with van der Waals surface area (Å²) in [6, 6.07) is 2.19. The fourth-order valence-electron chi connectivity index (χ4n) is 2.47. The van der Waals surface area contributed by atoms with Crippen LogP contribution in [0.5, 0.6) is 0 Å². The third-order valence-electron chi connectivity index (χ3n) is 4.21. The predicted molar refractivity (Wildman–Crippen MR) is 97.6 cm³/mol. The minimum Gasteiger partial charge on any atom is -0.394 e. The van der Waals surface area contributed by atoms with Crippen LogP contribution in [0.25, 0.3) is 6.08 Å². The van der Waals surface area contributed by atoms with Gasteiger partial charge in [0, 0.05) is 12.6 Å². The zero-order chi connectivity index (χ0) is 24.9. The molecule has 2 aromatic rings. The summed E-state index contributed by atoms with van der Waals surface area (Å²) in [6.45, 7) is -1.20. The van der Waals surface area contributed by atoms with Gasteiger partial charge in [0.1, 0.15) is 6.04 Å². The molecule has 0 aliphatic carbocycles. The number of amides is 2. The average molecular weight is 482 g/mol. The van der Waals surface area contributed by atoms with Gasteiger partial charge in [-0.2, -0.15) is 13.2 Å². The number of aliphatic hydroxyl groups excluding tert-OH is 1. The van der Waals surface area contributed by atoms with Crippen molar-refractivity contribution in [1.82, 2.24) is 10.6 Å². The molecule has 0 aliphatic heterocycles. The normalized spacial score (nSPS) is 12.6. The van der Waals surface area contributed by atoms with E-state index >= 15 is 0 Å². The number of alkyl halides is 3. The highest BCUT2D eigenvalue weighted by Gasteiger charge is 2.30. The number of hydrogen-bond donors (Lipinski definition) is 3. The number of nitrogens with one attached hydrogen (secondary N) is 2. The molecule has 0 bridgehead atoms. The first-order valence-corrected chi connectivity index (χ1v) is 8.91. The lowest BCUT2D eigenvalue weighted by Crippen LogP contribution is -2.48. The number of benzene rings is 2. The zero-order valence-electron chi connectivity index (χ0n) is 16.2. The smallest absolute Gasteiger partial charge is 0.394 e. The molecule has 0 unspecified atom stereocenters. The molecule has 0 aromatic heterocycles. The largest absolute Gasteiger partial charge is 0.416 e. The minimum absolute atomic E-state index is 0.260. The topological polar surface area (TPSA) is 78.4 Å². The SMILES string of the molecule is O=C(C=Cc1c(F)c(F)c(F)c(F)c1F)N[C@@H](CO)C(=O)NCc1ccc(C(F)(F)F)cc1. The monoisotopic (exact) mass is 482 g/mol. The highest BCUT2D eigenvalue weighted by atomic mass is 19.4. The second-order valence-corrected chi connectivity index (χ2v) is 6.47. The first-order valence-electron chi connectivity index (χ1n) is 8.91. The van der Waals surface area contributed by atoms with Gasteiger partial charge in [-0.25, -0.2) is 22.0 Å². The van der Waals surface area contributed by atoms with Gasteiger partial charge in [-0.15, -0.1) is 0 Å². The van der Waals surface area contributed by atoms with Gasteiger partial charge in [0.05, 0.1) is 17.7 Å². The van der Waals surface area contributed by atoms with Crippen molar-refractivity contribution in [3.8, 4) is 0 Å². The van der Waals surface area contributed by atoms with Crippen molar-refractivity contribution in [3.63, 3.8) is 0 Å². The molecule has 0 radical (unpaired) electrons. The van der Waals surface area contributed by atoms with Gasteiger partial charge >= 0.3 is 6.18 Å². The van der Waals surface area contributed by atoms with E-state index in [0.29, 0.717) is 12.2 Å². The fraction of sp³-hybridized carbons (Fsp3) is 0.200. The number of rotatable bonds is 7. The van der Waals surface area contributed by atoms with E-state index in [4.69, 9.17) is 0 Å². The minimum atomic E-state index is -4.54. The van der Waals surface area contributed by atoms with Gasteiger partial charge < -0.3 is 15.7 Å². The molecule has 3 N–H and O–H groups in total. The Hall–Kier alpha value is -3.48. The molecule has 13 heteroatoms. The lowest BCUT2D eigenvalue weighted by Gasteiger charge is -2.15. The van der Waals surface area contributed by atoms with Gasteiger partial charge in [0.2, 0.25) is 17.6 Å². The molecule has 0 saturated heterocycles. The van der Waals surface area contributed by atoms with Gasteiger partial charge in [0.15, 0.2) is 23.3 Å². The summed E-state index contributed by atoms with van der Waals surface area (Å²) in [6.07, 6.45) is -3.87. The maximum absolute atomic E-state index is 13.6. The van der Waals surface area contributed by atoms with Crippen LogP contribution in [0.2, 0.25) is 0 Å². The Bertz CT molecular complexity index is 1040. The molecule has 2 amide bonds. The van der Waals surface area contributed by atoms with Crippen molar-refractivity contribution in [1.29, 1.82) is 0 Å². The van der Waals surface area contributed by atoms with Crippen molar-refractivity contribution >= 4 is 17.9 Å². The first kappa shape index (κ1) is 25.8. The van der Waals surface area contributed by atoms with E-state index < -0.39 is 70.9 Å². The highest BCUT2D eigenvalue weighted by Crippen LogP contribution is 2.29. The summed E-state index contributed by atoms with van der Waals surface area (Å²) in [5, 5.41) is 13.4. The van der Waals surface area contributed by atoms with Crippen LogP contribution < -0.4 is 10.6 Å². The summed E-state index contributed by atoms with van der Waals surface area (Å²) < 4.78 is 104. The number of carbonyl (C=O) groups excluding carboxylic acids is 2. The van der Waals surface area contributed by atoms with Crippen LogP contribution in [0.4, 0.5) is 35.1 Å². The molecule has 2 aromatic carbocycles. The first-order chi connectivity index (χ1) is 15.4. The van der Waals surface area contributed by atoms with E-state index in [9.17, 15) is 49.8 Å². The summed E-state index contributed by atoms with van der Waals surface area (Å²) in [5.74, 6) is -13.4. The maximum atomic E-state index is 13.6. The van der Waals surface area contributed by atoms with Gasteiger partial charge in [-0.3, -0.25) is 9.59 Å². The molecule has 33 heavy (non-hydrogen) atoms. The number of halogens is 8. The van der Waals surface area contributed by atoms with Gasteiger partial charge in [-0.05, 0) is 23.8 Å².